The normalized spacial score (nSPS) is 26.8. The van der Waals surface area contributed by atoms with Gasteiger partial charge < -0.3 is 10.5 Å². The quantitative estimate of drug-likeness (QED) is 0.804. The van der Waals surface area contributed by atoms with E-state index in [-0.39, 0.29) is 0 Å². The Morgan fingerprint density at radius 1 is 1.40 bits per heavy atom. The fourth-order valence-electron chi connectivity index (χ4n) is 2.03. The third-order valence-corrected chi connectivity index (χ3v) is 2.91. The van der Waals surface area contributed by atoms with Crippen LogP contribution in [0.3, 0.4) is 0 Å². The zero-order valence-electron chi connectivity index (χ0n) is 9.10. The number of ether oxygens (including phenoxy) is 1. The number of nitrogens with zero attached hydrogens (tertiary/aromatic N) is 1. The van der Waals surface area contributed by atoms with Crippen LogP contribution in [0.25, 0.3) is 0 Å². The van der Waals surface area contributed by atoms with Crippen molar-refractivity contribution in [3.05, 3.63) is 30.3 Å². The molecule has 0 aliphatic carbocycles. The summed E-state index contributed by atoms with van der Waals surface area (Å²) >= 11 is 0. The molecular weight excluding hydrogens is 188 g/mol. The van der Waals surface area contributed by atoms with E-state index in [9.17, 15) is 0 Å². The summed E-state index contributed by atoms with van der Waals surface area (Å²) in [4.78, 5) is 2.27. The summed E-state index contributed by atoms with van der Waals surface area (Å²) in [7, 11) is 2.10. The molecule has 1 fully saturated rings. The summed E-state index contributed by atoms with van der Waals surface area (Å²) in [5, 5.41) is 0. The first-order valence-corrected chi connectivity index (χ1v) is 5.39. The molecule has 1 aliphatic heterocycles. The number of para-hydroxylation sites is 1. The van der Waals surface area contributed by atoms with Gasteiger partial charge in [-0.1, -0.05) is 18.2 Å². The largest absolute Gasteiger partial charge is 0.492 e. The predicted molar refractivity (Wildman–Crippen MR) is 60.9 cm³/mol. The number of likely N-dealkylation sites (tertiary alicyclic amines) is 1. The van der Waals surface area contributed by atoms with Crippen LogP contribution in [0.15, 0.2) is 30.3 Å². The zero-order chi connectivity index (χ0) is 10.7. The molecule has 2 atom stereocenters. The van der Waals surface area contributed by atoms with Crippen molar-refractivity contribution < 1.29 is 4.74 Å². The maximum Gasteiger partial charge on any atom is 0.119 e. The maximum atomic E-state index is 5.89. The fraction of sp³-hybridized carbons (Fsp3) is 0.500. The van der Waals surface area contributed by atoms with Crippen molar-refractivity contribution in [1.82, 2.24) is 4.90 Å². The molecule has 0 aromatic heterocycles. The van der Waals surface area contributed by atoms with E-state index in [1.165, 1.54) is 0 Å². The van der Waals surface area contributed by atoms with E-state index in [1.54, 1.807) is 0 Å². The molecule has 0 spiro atoms. The first-order valence-electron chi connectivity index (χ1n) is 5.39. The molecule has 1 aliphatic rings. The minimum atomic E-state index is 0.305. The van der Waals surface area contributed by atoms with E-state index < -0.39 is 0 Å². The lowest BCUT2D eigenvalue weighted by atomic mass is 10.2. The predicted octanol–water partition coefficient (Wildman–Crippen LogP) is 1.10. The third-order valence-electron chi connectivity index (χ3n) is 2.91. The molecular formula is C12H18N2O. The lowest BCUT2D eigenvalue weighted by Crippen LogP contribution is -2.30. The van der Waals surface area contributed by atoms with Gasteiger partial charge in [-0.2, -0.15) is 0 Å². The lowest BCUT2D eigenvalue weighted by molar-refractivity contribution is 0.198. The van der Waals surface area contributed by atoms with E-state index in [0.717, 1.165) is 25.3 Å². The van der Waals surface area contributed by atoms with Gasteiger partial charge in [0, 0.05) is 18.6 Å². The van der Waals surface area contributed by atoms with Crippen molar-refractivity contribution in [1.29, 1.82) is 0 Å². The average molecular weight is 206 g/mol. The molecule has 3 heteroatoms. The van der Waals surface area contributed by atoms with Crippen LogP contribution in [0, 0.1) is 0 Å². The first-order chi connectivity index (χ1) is 7.25. The Balaban J connectivity index is 1.84. The van der Waals surface area contributed by atoms with Crippen LogP contribution in [0.5, 0.6) is 5.75 Å². The van der Waals surface area contributed by atoms with E-state index in [0.29, 0.717) is 12.1 Å². The Hall–Kier alpha value is -1.06. The van der Waals surface area contributed by atoms with Gasteiger partial charge in [-0.05, 0) is 25.6 Å². The van der Waals surface area contributed by atoms with Crippen LogP contribution in [0.1, 0.15) is 6.42 Å². The summed E-state index contributed by atoms with van der Waals surface area (Å²) in [6.45, 7) is 1.71. The highest BCUT2D eigenvalue weighted by atomic mass is 16.5. The number of hydrogen-bond donors (Lipinski definition) is 1. The summed E-state index contributed by atoms with van der Waals surface area (Å²) < 4.78 is 5.71. The summed E-state index contributed by atoms with van der Waals surface area (Å²) in [6.07, 6.45) is 1.03. The van der Waals surface area contributed by atoms with Crippen molar-refractivity contribution in [2.24, 2.45) is 5.73 Å². The lowest BCUT2D eigenvalue weighted by Gasteiger charge is -2.19. The Kier molecular flexibility index (Phi) is 3.23. The second kappa shape index (κ2) is 4.64. The van der Waals surface area contributed by atoms with Crippen molar-refractivity contribution in [3.8, 4) is 5.75 Å². The summed E-state index contributed by atoms with van der Waals surface area (Å²) in [5.41, 5.74) is 5.89. The molecule has 1 aromatic carbocycles. The topological polar surface area (TPSA) is 38.5 Å². The second-order valence-electron chi connectivity index (χ2n) is 4.21. The minimum Gasteiger partial charge on any atom is -0.492 e. The zero-order valence-corrected chi connectivity index (χ0v) is 9.10. The van der Waals surface area contributed by atoms with Gasteiger partial charge in [-0.25, -0.2) is 0 Å². The highest BCUT2D eigenvalue weighted by molar-refractivity contribution is 5.21. The molecule has 3 nitrogen and oxygen atoms in total. The number of benzene rings is 1. The van der Waals surface area contributed by atoms with Crippen LogP contribution in [0.4, 0.5) is 0 Å². The van der Waals surface area contributed by atoms with Crippen LogP contribution in [0.2, 0.25) is 0 Å². The van der Waals surface area contributed by atoms with Gasteiger partial charge >= 0.3 is 0 Å². The molecule has 2 N–H and O–H groups in total. The van der Waals surface area contributed by atoms with Crippen molar-refractivity contribution in [2.45, 2.75) is 18.5 Å². The Morgan fingerprint density at radius 2 is 2.13 bits per heavy atom. The molecule has 1 aromatic rings. The summed E-state index contributed by atoms with van der Waals surface area (Å²) in [6, 6.07) is 10.7. The molecule has 1 heterocycles. The van der Waals surface area contributed by atoms with Crippen LogP contribution in [-0.2, 0) is 0 Å². The van der Waals surface area contributed by atoms with Crippen LogP contribution >= 0.6 is 0 Å². The molecule has 1 saturated heterocycles. The Bertz CT molecular complexity index is 302. The minimum absolute atomic E-state index is 0.305. The second-order valence-corrected chi connectivity index (χ2v) is 4.21. The fourth-order valence-corrected chi connectivity index (χ4v) is 2.03. The van der Waals surface area contributed by atoms with Gasteiger partial charge in [0.2, 0.25) is 0 Å². The molecule has 0 unspecified atom stereocenters. The Labute approximate surface area is 90.8 Å². The van der Waals surface area contributed by atoms with Crippen molar-refractivity contribution >= 4 is 0 Å². The average Bonchev–Trinajstić information content (AvgIpc) is 2.56. The van der Waals surface area contributed by atoms with Crippen molar-refractivity contribution in [3.63, 3.8) is 0 Å². The van der Waals surface area contributed by atoms with Gasteiger partial charge in [0.05, 0.1) is 0 Å². The van der Waals surface area contributed by atoms with E-state index in [2.05, 4.69) is 11.9 Å². The molecule has 2 rings (SSSR count). The van der Waals surface area contributed by atoms with Crippen LogP contribution in [-0.4, -0.2) is 37.2 Å². The highest BCUT2D eigenvalue weighted by Crippen LogP contribution is 2.16. The summed E-state index contributed by atoms with van der Waals surface area (Å²) in [5.74, 6) is 0.936. The number of likely N-dealkylation sites (N-methyl/N-ethyl adjacent to an activating group) is 1. The molecule has 0 bridgehead atoms. The number of rotatable bonds is 3. The van der Waals surface area contributed by atoms with Gasteiger partial charge in [0.15, 0.2) is 0 Å². The van der Waals surface area contributed by atoms with Gasteiger partial charge in [-0.3, -0.25) is 4.90 Å². The number of hydrogen-bond acceptors (Lipinski definition) is 3. The molecule has 15 heavy (non-hydrogen) atoms. The molecule has 0 saturated carbocycles. The SMILES string of the molecule is CN1C[C@@H](N)C[C@H]1COc1ccccc1. The highest BCUT2D eigenvalue weighted by Gasteiger charge is 2.27. The van der Waals surface area contributed by atoms with Gasteiger partial charge in [-0.15, -0.1) is 0 Å². The molecule has 0 amide bonds. The van der Waals surface area contributed by atoms with E-state index in [4.69, 9.17) is 10.5 Å². The van der Waals surface area contributed by atoms with Crippen LogP contribution < -0.4 is 10.5 Å². The van der Waals surface area contributed by atoms with E-state index in [1.807, 2.05) is 30.3 Å². The molecule has 82 valence electrons. The van der Waals surface area contributed by atoms with Gasteiger partial charge in [0.25, 0.3) is 0 Å². The standard InChI is InChI=1S/C12H18N2O/c1-14-8-10(13)7-11(14)9-15-12-5-3-2-4-6-12/h2-6,10-11H,7-9,13H2,1H3/t10-,11-/m0/s1. The van der Waals surface area contributed by atoms with Gasteiger partial charge in [0.1, 0.15) is 12.4 Å². The smallest absolute Gasteiger partial charge is 0.119 e. The molecule has 0 radical (unpaired) electrons. The third kappa shape index (κ3) is 2.70. The first kappa shape index (κ1) is 10.5. The Morgan fingerprint density at radius 3 is 2.73 bits per heavy atom. The number of nitrogens with two attached hydrogens (primary N) is 1. The van der Waals surface area contributed by atoms with Crippen molar-refractivity contribution in [2.75, 3.05) is 20.2 Å². The van der Waals surface area contributed by atoms with E-state index >= 15 is 0 Å². The monoisotopic (exact) mass is 206 g/mol. The maximum absolute atomic E-state index is 5.89.